The summed E-state index contributed by atoms with van der Waals surface area (Å²) in [6, 6.07) is 54.5. The second-order valence-electron chi connectivity index (χ2n) is 12.0. The van der Waals surface area contributed by atoms with Crippen LogP contribution in [0.1, 0.15) is 24.1 Å². The van der Waals surface area contributed by atoms with Crippen molar-refractivity contribution in [3.63, 3.8) is 0 Å². The van der Waals surface area contributed by atoms with Gasteiger partial charge in [0, 0.05) is 38.8 Å². The Kier molecular flexibility index (Phi) is 5.85. The van der Waals surface area contributed by atoms with E-state index in [0.717, 1.165) is 11.3 Å². The third-order valence-electron chi connectivity index (χ3n) is 9.45. The fourth-order valence-corrected chi connectivity index (χ4v) is 7.34. The number of benzene rings is 6. The van der Waals surface area contributed by atoms with Crippen molar-refractivity contribution in [3.05, 3.63) is 169 Å². The van der Waals surface area contributed by atoms with Gasteiger partial charge in [-0.25, -0.2) is 0 Å². The number of aromatic nitrogens is 2. The van der Waals surface area contributed by atoms with Crippen molar-refractivity contribution >= 4 is 55.0 Å². The summed E-state index contributed by atoms with van der Waals surface area (Å²) in [6.45, 7) is 2.33. The van der Waals surface area contributed by atoms with Crippen LogP contribution < -0.4 is 0 Å². The average Bonchev–Trinajstić information content (AvgIpc) is 3.60. The molecule has 45 heavy (non-hydrogen) atoms. The summed E-state index contributed by atoms with van der Waals surface area (Å²) in [5.74, 6) is 0.148. The van der Waals surface area contributed by atoms with Crippen molar-refractivity contribution in [2.24, 2.45) is 10.9 Å². The first kappa shape index (κ1) is 25.8. The van der Waals surface area contributed by atoms with Crippen LogP contribution in [0.4, 0.5) is 0 Å². The highest BCUT2D eigenvalue weighted by molar-refractivity contribution is 6.20. The van der Waals surface area contributed by atoms with E-state index in [-0.39, 0.29) is 12.0 Å². The number of rotatable bonds is 4. The van der Waals surface area contributed by atoms with Gasteiger partial charge >= 0.3 is 0 Å². The quantitative estimate of drug-likeness (QED) is 0.199. The van der Waals surface area contributed by atoms with Crippen molar-refractivity contribution in [1.82, 2.24) is 9.13 Å². The molecule has 0 saturated carbocycles. The first-order chi connectivity index (χ1) is 22.3. The molecular weight excluding hydrogens is 546 g/mol. The molecule has 8 aromatic rings. The molecule has 0 amide bonds. The molecule has 2 atom stereocenters. The van der Waals surface area contributed by atoms with E-state index in [0.29, 0.717) is 0 Å². The lowest BCUT2D eigenvalue weighted by molar-refractivity contribution is 0.563. The van der Waals surface area contributed by atoms with Crippen molar-refractivity contribution in [2.75, 3.05) is 0 Å². The SMILES string of the molecule is CC1C(n2c3ccccc3c3cc4c5ccccc5n(-c5ccccc5)c4cc32)=CC(c2ccccc2)=NC1c1ccccc1. The number of hydrogen-bond donors (Lipinski definition) is 0. The minimum Gasteiger partial charge on any atom is -0.312 e. The fourth-order valence-electron chi connectivity index (χ4n) is 7.34. The van der Waals surface area contributed by atoms with Gasteiger partial charge < -0.3 is 9.13 Å². The third-order valence-corrected chi connectivity index (χ3v) is 9.45. The zero-order chi connectivity index (χ0) is 29.9. The standard InChI is InChI=1S/C42H31N3/c1-28-39(26-36(29-15-5-2-6-16-29)43-42(28)30-17-7-3-8-18-30)45-38-24-14-12-22-33(38)35-25-34-32-21-11-13-23-37(32)44(40(34)27-41(35)45)31-19-9-4-10-20-31/h2-28,42H,1H3. The predicted molar refractivity (Wildman–Crippen MR) is 189 cm³/mol. The van der Waals surface area contributed by atoms with Gasteiger partial charge in [0.2, 0.25) is 0 Å². The number of hydrogen-bond acceptors (Lipinski definition) is 1. The lowest BCUT2D eigenvalue weighted by Crippen LogP contribution is -2.21. The van der Waals surface area contributed by atoms with Crippen molar-refractivity contribution in [2.45, 2.75) is 13.0 Å². The molecule has 2 aromatic heterocycles. The topological polar surface area (TPSA) is 22.2 Å². The van der Waals surface area contributed by atoms with Crippen LogP contribution >= 0.6 is 0 Å². The highest BCUT2D eigenvalue weighted by Crippen LogP contribution is 2.44. The van der Waals surface area contributed by atoms with E-state index in [1.165, 1.54) is 60.6 Å². The lowest BCUT2D eigenvalue weighted by atomic mass is 9.87. The van der Waals surface area contributed by atoms with Gasteiger partial charge in [-0.3, -0.25) is 4.99 Å². The van der Waals surface area contributed by atoms with Gasteiger partial charge in [-0.2, -0.15) is 0 Å². The molecule has 214 valence electrons. The highest BCUT2D eigenvalue weighted by atomic mass is 15.0. The smallest absolute Gasteiger partial charge is 0.0836 e. The Labute approximate surface area is 262 Å². The van der Waals surface area contributed by atoms with Crippen LogP contribution in [0.5, 0.6) is 0 Å². The largest absolute Gasteiger partial charge is 0.312 e. The molecule has 0 fully saturated rings. The van der Waals surface area contributed by atoms with E-state index in [9.17, 15) is 0 Å². The molecule has 3 heteroatoms. The van der Waals surface area contributed by atoms with Gasteiger partial charge in [0.25, 0.3) is 0 Å². The summed E-state index contributed by atoms with van der Waals surface area (Å²) in [4.78, 5) is 5.38. The summed E-state index contributed by atoms with van der Waals surface area (Å²) in [7, 11) is 0. The second kappa shape index (κ2) is 10.2. The van der Waals surface area contributed by atoms with Crippen LogP contribution in [0.25, 0.3) is 55.0 Å². The Balaban J connectivity index is 1.37. The second-order valence-corrected chi connectivity index (χ2v) is 12.0. The summed E-state index contributed by atoms with van der Waals surface area (Å²) in [5, 5.41) is 5.06. The summed E-state index contributed by atoms with van der Waals surface area (Å²) >= 11 is 0. The summed E-state index contributed by atoms with van der Waals surface area (Å²) in [6.07, 6.45) is 2.32. The van der Waals surface area contributed by atoms with E-state index in [1.54, 1.807) is 0 Å². The average molecular weight is 578 g/mol. The molecule has 0 spiro atoms. The van der Waals surface area contributed by atoms with Gasteiger partial charge in [0.05, 0.1) is 33.8 Å². The molecule has 9 rings (SSSR count). The molecule has 0 aliphatic carbocycles. The normalized spacial score (nSPS) is 16.8. The lowest BCUT2D eigenvalue weighted by Gasteiger charge is -2.30. The van der Waals surface area contributed by atoms with Crippen LogP contribution in [0.15, 0.2) is 163 Å². The Morgan fingerprint density at radius 1 is 0.489 bits per heavy atom. The maximum atomic E-state index is 5.38. The minimum atomic E-state index is -0.00267. The van der Waals surface area contributed by atoms with E-state index in [1.807, 2.05) is 0 Å². The highest BCUT2D eigenvalue weighted by Gasteiger charge is 2.30. The molecule has 3 nitrogen and oxygen atoms in total. The number of aliphatic imine (C=N–C) groups is 1. The molecule has 2 unspecified atom stereocenters. The van der Waals surface area contributed by atoms with Gasteiger partial charge in [-0.15, -0.1) is 0 Å². The van der Waals surface area contributed by atoms with E-state index in [4.69, 9.17) is 4.99 Å². The molecule has 3 heterocycles. The maximum Gasteiger partial charge on any atom is 0.0836 e. The fraction of sp³-hybridized carbons (Fsp3) is 0.0714. The van der Waals surface area contributed by atoms with E-state index in [2.05, 4.69) is 174 Å². The molecule has 0 N–H and O–H groups in total. The van der Waals surface area contributed by atoms with Crippen molar-refractivity contribution in [3.8, 4) is 5.69 Å². The Morgan fingerprint density at radius 2 is 1.02 bits per heavy atom. The summed E-state index contributed by atoms with van der Waals surface area (Å²) < 4.78 is 4.92. The van der Waals surface area contributed by atoms with Crippen LogP contribution in [-0.2, 0) is 0 Å². The zero-order valence-corrected chi connectivity index (χ0v) is 25.0. The Morgan fingerprint density at radius 3 is 1.69 bits per heavy atom. The maximum absolute atomic E-state index is 5.38. The molecule has 0 bridgehead atoms. The molecule has 1 aliphatic heterocycles. The van der Waals surface area contributed by atoms with Gasteiger partial charge in [0.1, 0.15) is 0 Å². The van der Waals surface area contributed by atoms with Crippen LogP contribution in [0, 0.1) is 5.92 Å². The number of para-hydroxylation sites is 3. The molecule has 0 saturated heterocycles. The third kappa shape index (κ3) is 4.01. The predicted octanol–water partition coefficient (Wildman–Crippen LogP) is 10.6. The number of nitrogens with zero attached hydrogens (tertiary/aromatic N) is 3. The number of dihydropyridines is 1. The van der Waals surface area contributed by atoms with Crippen molar-refractivity contribution < 1.29 is 0 Å². The Hall–Kier alpha value is -5.67. The van der Waals surface area contributed by atoms with Crippen LogP contribution in [0.2, 0.25) is 0 Å². The minimum absolute atomic E-state index is 0.00267. The molecule has 1 aliphatic rings. The van der Waals surface area contributed by atoms with Gasteiger partial charge in [-0.05, 0) is 53.6 Å². The zero-order valence-electron chi connectivity index (χ0n) is 25.0. The first-order valence-electron chi connectivity index (χ1n) is 15.7. The van der Waals surface area contributed by atoms with Gasteiger partial charge in [0.15, 0.2) is 0 Å². The molecule has 6 aromatic carbocycles. The van der Waals surface area contributed by atoms with Crippen LogP contribution in [-0.4, -0.2) is 14.8 Å². The van der Waals surface area contributed by atoms with Gasteiger partial charge in [-0.1, -0.05) is 122 Å². The van der Waals surface area contributed by atoms with E-state index < -0.39 is 0 Å². The molecule has 0 radical (unpaired) electrons. The van der Waals surface area contributed by atoms with E-state index >= 15 is 0 Å². The molecular formula is C42H31N3. The Bertz CT molecular complexity index is 2430. The van der Waals surface area contributed by atoms with Crippen LogP contribution in [0.3, 0.4) is 0 Å². The van der Waals surface area contributed by atoms with Crippen molar-refractivity contribution in [1.29, 1.82) is 0 Å². The number of allylic oxidation sites excluding steroid dienone is 1. The first-order valence-corrected chi connectivity index (χ1v) is 15.7. The number of fused-ring (bicyclic) bond motifs is 6. The monoisotopic (exact) mass is 577 g/mol. The summed E-state index contributed by atoms with van der Waals surface area (Å²) in [5.41, 5.74) is 10.7.